The van der Waals surface area contributed by atoms with Crippen molar-refractivity contribution in [1.29, 1.82) is 0 Å². The predicted molar refractivity (Wildman–Crippen MR) is 117 cm³/mol. The van der Waals surface area contributed by atoms with Crippen LogP contribution in [0.4, 0.5) is 10.1 Å². The lowest BCUT2D eigenvalue weighted by atomic mass is 9.99. The number of hydrogen-bond donors (Lipinski definition) is 1. The highest BCUT2D eigenvalue weighted by Gasteiger charge is 2.24. The quantitative estimate of drug-likeness (QED) is 0.561. The number of hydrogen-bond acceptors (Lipinski definition) is 5. The molecule has 1 saturated heterocycles. The number of nitrogens with zero attached hydrogens (tertiary/aromatic N) is 1. The number of piperidine rings is 1. The van der Waals surface area contributed by atoms with E-state index in [9.17, 15) is 9.18 Å². The molecule has 0 amide bonds. The highest BCUT2D eigenvalue weighted by atomic mass is 35.5. The molecule has 0 unspecified atom stereocenters. The van der Waals surface area contributed by atoms with Gasteiger partial charge in [0.2, 0.25) is 0 Å². The van der Waals surface area contributed by atoms with Gasteiger partial charge < -0.3 is 14.5 Å². The normalized spacial score (nSPS) is 16.5. The molecule has 5 nitrogen and oxygen atoms in total. The maximum absolute atomic E-state index is 14.1. The molecule has 4 rings (SSSR count). The van der Waals surface area contributed by atoms with E-state index in [1.807, 2.05) is 6.07 Å². The van der Waals surface area contributed by atoms with Crippen LogP contribution in [0.5, 0.6) is 5.75 Å². The SMILES string of the molecule is COc1ccc([C@@H](C)N2CCC(Nc3cc(=O)oc4ccc(Cl)cc34)CC2)cc1F. The van der Waals surface area contributed by atoms with Crippen molar-refractivity contribution in [3.8, 4) is 5.75 Å². The van der Waals surface area contributed by atoms with Crippen LogP contribution in [0.3, 0.4) is 0 Å². The Balaban J connectivity index is 1.44. The summed E-state index contributed by atoms with van der Waals surface area (Å²) in [6.07, 6.45) is 1.82. The molecule has 0 spiro atoms. The van der Waals surface area contributed by atoms with Gasteiger partial charge in [-0.15, -0.1) is 0 Å². The van der Waals surface area contributed by atoms with Gasteiger partial charge in [-0.2, -0.15) is 0 Å². The Morgan fingerprint density at radius 1 is 1.20 bits per heavy atom. The van der Waals surface area contributed by atoms with Gasteiger partial charge in [-0.05, 0) is 55.7 Å². The highest BCUT2D eigenvalue weighted by molar-refractivity contribution is 6.31. The fourth-order valence-electron chi connectivity index (χ4n) is 4.06. The second-order valence-corrected chi connectivity index (χ2v) is 8.08. The summed E-state index contributed by atoms with van der Waals surface area (Å²) in [6, 6.07) is 12.2. The maximum atomic E-state index is 14.1. The van der Waals surface area contributed by atoms with E-state index in [1.165, 1.54) is 13.2 Å². The Kier molecular flexibility index (Phi) is 5.97. The van der Waals surface area contributed by atoms with E-state index >= 15 is 0 Å². The molecule has 1 fully saturated rings. The largest absolute Gasteiger partial charge is 0.494 e. The van der Waals surface area contributed by atoms with Crippen LogP contribution in [-0.4, -0.2) is 31.1 Å². The van der Waals surface area contributed by atoms with Gasteiger partial charge >= 0.3 is 5.63 Å². The van der Waals surface area contributed by atoms with Gasteiger partial charge in [-0.1, -0.05) is 17.7 Å². The van der Waals surface area contributed by atoms with E-state index < -0.39 is 0 Å². The van der Waals surface area contributed by atoms with Crippen molar-refractivity contribution in [2.45, 2.75) is 31.8 Å². The second kappa shape index (κ2) is 8.66. The fourth-order valence-corrected chi connectivity index (χ4v) is 4.23. The zero-order chi connectivity index (χ0) is 21.3. The summed E-state index contributed by atoms with van der Waals surface area (Å²) < 4.78 is 24.4. The Morgan fingerprint density at radius 2 is 1.97 bits per heavy atom. The van der Waals surface area contributed by atoms with E-state index in [0.717, 1.165) is 42.6 Å². The van der Waals surface area contributed by atoms with Gasteiger partial charge in [0.05, 0.1) is 12.8 Å². The molecule has 0 radical (unpaired) electrons. The van der Waals surface area contributed by atoms with Crippen molar-refractivity contribution in [2.75, 3.05) is 25.5 Å². The van der Waals surface area contributed by atoms with Crippen LogP contribution in [0.25, 0.3) is 11.0 Å². The Labute approximate surface area is 179 Å². The molecule has 158 valence electrons. The van der Waals surface area contributed by atoms with Crippen LogP contribution in [0, 0.1) is 5.82 Å². The molecule has 0 saturated carbocycles. The first kappa shape index (κ1) is 20.7. The Morgan fingerprint density at radius 3 is 2.67 bits per heavy atom. The molecule has 7 heteroatoms. The van der Waals surface area contributed by atoms with Crippen molar-refractivity contribution in [3.63, 3.8) is 0 Å². The van der Waals surface area contributed by atoms with Crippen LogP contribution >= 0.6 is 11.6 Å². The number of fused-ring (bicyclic) bond motifs is 1. The smallest absolute Gasteiger partial charge is 0.338 e. The minimum Gasteiger partial charge on any atom is -0.494 e. The zero-order valence-electron chi connectivity index (χ0n) is 17.0. The summed E-state index contributed by atoms with van der Waals surface area (Å²) in [5.74, 6) is -0.0830. The molecule has 0 bridgehead atoms. The van der Waals surface area contributed by atoms with Crippen LogP contribution in [-0.2, 0) is 0 Å². The predicted octanol–water partition coefficient (Wildman–Crippen LogP) is 5.23. The minimum absolute atomic E-state index is 0.106. The van der Waals surface area contributed by atoms with E-state index in [-0.39, 0.29) is 29.3 Å². The molecule has 3 aromatic rings. The van der Waals surface area contributed by atoms with Crippen LogP contribution in [0.2, 0.25) is 5.02 Å². The van der Waals surface area contributed by atoms with E-state index in [0.29, 0.717) is 10.6 Å². The van der Waals surface area contributed by atoms with Crippen molar-refractivity contribution in [3.05, 3.63) is 69.3 Å². The third-order valence-electron chi connectivity index (χ3n) is 5.80. The summed E-state index contributed by atoms with van der Waals surface area (Å²) in [6.45, 7) is 3.83. The number of methoxy groups -OCH3 is 1. The molecule has 1 N–H and O–H groups in total. The summed E-state index contributed by atoms with van der Waals surface area (Å²) in [5, 5.41) is 4.88. The standard InChI is InChI=1S/C23H24ClFN2O3/c1-14(15-3-5-22(29-2)19(25)11-15)27-9-7-17(8-10-27)26-20-13-23(28)30-21-6-4-16(24)12-18(20)21/h3-6,11-14,17,26H,7-10H2,1-2H3/t14-/m1/s1. The molecule has 30 heavy (non-hydrogen) atoms. The zero-order valence-corrected chi connectivity index (χ0v) is 17.7. The fraction of sp³-hybridized carbons (Fsp3) is 0.348. The molecular weight excluding hydrogens is 407 g/mol. The molecule has 2 heterocycles. The van der Waals surface area contributed by atoms with Crippen LogP contribution in [0.1, 0.15) is 31.4 Å². The van der Waals surface area contributed by atoms with Crippen molar-refractivity contribution in [1.82, 2.24) is 4.90 Å². The van der Waals surface area contributed by atoms with Crippen molar-refractivity contribution < 1.29 is 13.5 Å². The molecule has 0 aliphatic carbocycles. The van der Waals surface area contributed by atoms with Gasteiger partial charge in [0.15, 0.2) is 11.6 Å². The third kappa shape index (κ3) is 4.30. The number of benzene rings is 2. The Bertz CT molecular complexity index is 1110. The summed E-state index contributed by atoms with van der Waals surface area (Å²) in [5.41, 5.74) is 1.80. The number of ether oxygens (including phenoxy) is 1. The lowest BCUT2D eigenvalue weighted by Gasteiger charge is -2.37. The van der Waals surface area contributed by atoms with Gasteiger partial charge in [-0.3, -0.25) is 4.90 Å². The molecule has 1 aromatic heterocycles. The lowest BCUT2D eigenvalue weighted by Crippen LogP contribution is -2.40. The van der Waals surface area contributed by atoms with Gasteiger partial charge in [-0.25, -0.2) is 9.18 Å². The maximum Gasteiger partial charge on any atom is 0.338 e. The first-order valence-electron chi connectivity index (χ1n) is 10.0. The first-order chi connectivity index (χ1) is 14.4. The highest BCUT2D eigenvalue weighted by Crippen LogP contribution is 2.30. The van der Waals surface area contributed by atoms with Gasteiger partial charge in [0.1, 0.15) is 5.58 Å². The number of rotatable bonds is 5. The monoisotopic (exact) mass is 430 g/mol. The van der Waals surface area contributed by atoms with Crippen molar-refractivity contribution in [2.24, 2.45) is 0 Å². The van der Waals surface area contributed by atoms with Gasteiger partial charge in [0, 0.05) is 41.6 Å². The second-order valence-electron chi connectivity index (χ2n) is 7.64. The van der Waals surface area contributed by atoms with E-state index in [4.69, 9.17) is 20.8 Å². The first-order valence-corrected chi connectivity index (χ1v) is 10.4. The van der Waals surface area contributed by atoms with E-state index in [2.05, 4.69) is 17.1 Å². The lowest BCUT2D eigenvalue weighted by molar-refractivity contribution is 0.167. The number of halogens is 2. The molecule has 1 atom stereocenters. The number of anilines is 1. The molecule has 1 aliphatic rings. The molecule has 2 aromatic carbocycles. The third-order valence-corrected chi connectivity index (χ3v) is 6.03. The molecular formula is C23H24ClFN2O3. The van der Waals surface area contributed by atoms with Crippen molar-refractivity contribution >= 4 is 28.3 Å². The number of nitrogens with one attached hydrogen (secondary N) is 1. The average Bonchev–Trinajstić information content (AvgIpc) is 2.74. The van der Waals surface area contributed by atoms with E-state index in [1.54, 1.807) is 30.3 Å². The summed E-state index contributed by atoms with van der Waals surface area (Å²) in [7, 11) is 1.47. The minimum atomic E-state index is -0.389. The average molecular weight is 431 g/mol. The topological polar surface area (TPSA) is 54.7 Å². The number of likely N-dealkylation sites (tertiary alicyclic amines) is 1. The Hall–Kier alpha value is -2.57. The van der Waals surface area contributed by atoms with Crippen LogP contribution in [0.15, 0.2) is 51.7 Å². The molecule has 1 aliphatic heterocycles. The van der Waals surface area contributed by atoms with Crippen LogP contribution < -0.4 is 15.7 Å². The summed E-state index contributed by atoms with van der Waals surface area (Å²) in [4.78, 5) is 14.3. The van der Waals surface area contributed by atoms with Gasteiger partial charge in [0.25, 0.3) is 0 Å². The summed E-state index contributed by atoms with van der Waals surface area (Å²) >= 11 is 6.13.